The smallest absolute Gasteiger partial charge is 0.162 e. The van der Waals surface area contributed by atoms with Crippen LogP contribution in [0.15, 0.2) is 77.9 Å². The highest BCUT2D eigenvalue weighted by molar-refractivity contribution is 7.20. The summed E-state index contributed by atoms with van der Waals surface area (Å²) in [4.78, 5) is 15.5. The van der Waals surface area contributed by atoms with E-state index in [4.69, 9.17) is 14.4 Å². The summed E-state index contributed by atoms with van der Waals surface area (Å²) >= 11 is 1.77. The van der Waals surface area contributed by atoms with Crippen LogP contribution in [0.1, 0.15) is 37.6 Å². The van der Waals surface area contributed by atoms with Gasteiger partial charge in [-0.25, -0.2) is 9.97 Å². The van der Waals surface area contributed by atoms with Crippen molar-refractivity contribution in [3.63, 3.8) is 0 Å². The van der Waals surface area contributed by atoms with E-state index >= 15 is 0 Å². The fourth-order valence-corrected chi connectivity index (χ4v) is 5.36. The quantitative estimate of drug-likeness (QED) is 0.253. The van der Waals surface area contributed by atoms with E-state index in [1.54, 1.807) is 36.3 Å². The number of hydrogen-bond donors (Lipinski definition) is 1. The molecule has 0 amide bonds. The van der Waals surface area contributed by atoms with Crippen LogP contribution < -0.4 is 5.32 Å². The number of benzene rings is 1. The lowest BCUT2D eigenvalue weighted by Crippen LogP contribution is -2.09. The molecule has 0 unspecified atom stereocenters. The third kappa shape index (κ3) is 4.59. The van der Waals surface area contributed by atoms with E-state index in [0.29, 0.717) is 5.82 Å². The van der Waals surface area contributed by atoms with Crippen molar-refractivity contribution in [1.82, 2.24) is 15.0 Å². The van der Waals surface area contributed by atoms with Gasteiger partial charge in [0.25, 0.3) is 0 Å². The van der Waals surface area contributed by atoms with E-state index in [1.165, 1.54) is 10.4 Å². The molecule has 0 radical (unpaired) electrons. The molecule has 172 valence electrons. The number of fused-ring (bicyclic) bond motifs is 1. The molecular formula is C28H28N4OS. The molecule has 0 aliphatic rings. The summed E-state index contributed by atoms with van der Waals surface area (Å²) < 4.78 is 6.54. The number of rotatable bonds is 7. The molecule has 0 saturated heterocycles. The first-order valence-corrected chi connectivity index (χ1v) is 12.4. The van der Waals surface area contributed by atoms with E-state index in [1.807, 2.05) is 18.2 Å². The minimum absolute atomic E-state index is 0.0423. The van der Waals surface area contributed by atoms with Crippen LogP contribution in [0, 0.1) is 0 Å². The van der Waals surface area contributed by atoms with Crippen molar-refractivity contribution >= 4 is 27.4 Å². The fraction of sp³-hybridized carbons (Fsp3) is 0.250. The highest BCUT2D eigenvalue weighted by Crippen LogP contribution is 2.46. The maximum Gasteiger partial charge on any atom is 0.162 e. The highest BCUT2D eigenvalue weighted by atomic mass is 32.1. The van der Waals surface area contributed by atoms with Gasteiger partial charge in [-0.1, -0.05) is 51.1 Å². The first kappa shape index (κ1) is 22.3. The van der Waals surface area contributed by atoms with Gasteiger partial charge in [0.1, 0.15) is 5.82 Å². The van der Waals surface area contributed by atoms with Gasteiger partial charge in [-0.3, -0.25) is 4.98 Å². The first-order valence-electron chi connectivity index (χ1n) is 11.6. The molecule has 5 nitrogen and oxygen atoms in total. The van der Waals surface area contributed by atoms with Crippen LogP contribution in [0.4, 0.5) is 5.82 Å². The van der Waals surface area contributed by atoms with Gasteiger partial charge in [-0.2, -0.15) is 0 Å². The summed E-state index contributed by atoms with van der Waals surface area (Å²) in [5, 5.41) is 3.63. The van der Waals surface area contributed by atoms with Crippen molar-refractivity contribution in [1.29, 1.82) is 0 Å². The Bertz CT molecular complexity index is 1370. The monoisotopic (exact) mass is 468 g/mol. The Hall–Kier alpha value is -3.51. The molecule has 1 N–H and O–H groups in total. The molecule has 0 aliphatic heterocycles. The summed E-state index contributed by atoms with van der Waals surface area (Å²) in [6, 6.07) is 16.5. The number of aromatic nitrogens is 3. The van der Waals surface area contributed by atoms with Crippen LogP contribution in [0.25, 0.3) is 32.7 Å². The van der Waals surface area contributed by atoms with Crippen LogP contribution >= 0.6 is 11.3 Å². The van der Waals surface area contributed by atoms with Gasteiger partial charge in [0, 0.05) is 40.5 Å². The lowest BCUT2D eigenvalue weighted by molar-refractivity contribution is 0.567. The standard InChI is InChI=1S/C28H28N4OS/c1-28(2,3)25-22(21-13-17-33-18-21)23-24(34-25)27(30-14-7-10-19-8-5-4-6-9-19)32-26(31-23)20-11-15-29-16-12-20/h4-6,8-9,11-13,15-18H,7,10,14H2,1-3H3,(H,30,31,32). The van der Waals surface area contributed by atoms with Gasteiger partial charge in [-0.05, 0) is 42.0 Å². The summed E-state index contributed by atoms with van der Waals surface area (Å²) in [6.07, 6.45) is 9.13. The maximum absolute atomic E-state index is 5.46. The summed E-state index contributed by atoms with van der Waals surface area (Å²) in [5.41, 5.74) is 5.40. The zero-order valence-electron chi connectivity index (χ0n) is 19.7. The Kier molecular flexibility index (Phi) is 6.16. The SMILES string of the molecule is CC(C)(C)c1sc2c(NCCCc3ccccc3)nc(-c3ccncc3)nc2c1-c1ccoc1. The van der Waals surface area contributed by atoms with Gasteiger partial charge >= 0.3 is 0 Å². The molecule has 4 heterocycles. The summed E-state index contributed by atoms with van der Waals surface area (Å²) in [7, 11) is 0. The Labute approximate surface area is 203 Å². The minimum Gasteiger partial charge on any atom is -0.472 e. The number of aryl methyl sites for hydroxylation is 1. The number of nitrogens with zero attached hydrogens (tertiary/aromatic N) is 3. The molecule has 0 bridgehead atoms. The summed E-state index contributed by atoms with van der Waals surface area (Å²) in [5.74, 6) is 1.58. The van der Waals surface area contributed by atoms with Crippen LogP contribution in [-0.4, -0.2) is 21.5 Å². The predicted octanol–water partition coefficient (Wildman–Crippen LogP) is 7.36. The Balaban J connectivity index is 1.58. The van der Waals surface area contributed by atoms with Gasteiger partial charge in [0.15, 0.2) is 5.82 Å². The molecule has 0 aliphatic carbocycles. The molecule has 6 heteroatoms. The first-order chi connectivity index (χ1) is 16.5. The lowest BCUT2D eigenvalue weighted by atomic mass is 9.89. The normalized spacial score (nSPS) is 11.7. The number of nitrogens with one attached hydrogen (secondary N) is 1. The van der Waals surface area contributed by atoms with Crippen LogP contribution in [0.5, 0.6) is 0 Å². The molecular weight excluding hydrogens is 440 g/mol. The molecule has 1 aromatic carbocycles. The average Bonchev–Trinajstić information content (AvgIpc) is 3.50. The number of hydrogen-bond acceptors (Lipinski definition) is 6. The number of furan rings is 1. The van der Waals surface area contributed by atoms with E-state index < -0.39 is 0 Å². The van der Waals surface area contributed by atoms with Crippen LogP contribution in [0.2, 0.25) is 0 Å². The second-order valence-corrected chi connectivity index (χ2v) is 10.4. The third-order valence-corrected chi connectivity index (χ3v) is 7.35. The molecule has 0 atom stereocenters. The van der Waals surface area contributed by atoms with Crippen LogP contribution in [-0.2, 0) is 11.8 Å². The van der Waals surface area contributed by atoms with Gasteiger partial charge in [-0.15, -0.1) is 11.3 Å². The molecule has 5 rings (SSSR count). The molecule has 0 fully saturated rings. The third-order valence-electron chi connectivity index (χ3n) is 5.74. The van der Waals surface area contributed by atoms with E-state index in [-0.39, 0.29) is 5.41 Å². The molecule has 34 heavy (non-hydrogen) atoms. The van der Waals surface area contributed by atoms with Gasteiger partial charge in [0.05, 0.1) is 22.7 Å². The molecule has 0 saturated carbocycles. The van der Waals surface area contributed by atoms with Crippen molar-refractivity contribution in [3.8, 4) is 22.5 Å². The second kappa shape index (κ2) is 9.39. The molecule has 4 aromatic heterocycles. The van der Waals surface area contributed by atoms with Crippen molar-refractivity contribution in [2.24, 2.45) is 0 Å². The summed E-state index contributed by atoms with van der Waals surface area (Å²) in [6.45, 7) is 7.56. The zero-order chi connectivity index (χ0) is 23.5. The Morgan fingerprint density at radius 3 is 2.44 bits per heavy atom. The van der Waals surface area contributed by atoms with E-state index in [9.17, 15) is 0 Å². The fourth-order valence-electron chi connectivity index (χ4n) is 4.07. The highest BCUT2D eigenvalue weighted by Gasteiger charge is 2.27. The van der Waals surface area contributed by atoms with Crippen molar-refractivity contribution in [2.75, 3.05) is 11.9 Å². The van der Waals surface area contributed by atoms with Crippen LogP contribution in [0.3, 0.4) is 0 Å². The number of thiophene rings is 1. The zero-order valence-corrected chi connectivity index (χ0v) is 20.5. The molecule has 5 aromatic rings. The van der Waals surface area contributed by atoms with Crippen molar-refractivity contribution in [3.05, 3.63) is 83.9 Å². The second-order valence-electron chi connectivity index (χ2n) is 9.39. The maximum atomic E-state index is 5.46. The van der Waals surface area contributed by atoms with Gasteiger partial charge in [0.2, 0.25) is 0 Å². The Morgan fingerprint density at radius 2 is 1.74 bits per heavy atom. The average molecular weight is 469 g/mol. The van der Waals surface area contributed by atoms with E-state index in [2.05, 4.69) is 61.4 Å². The topological polar surface area (TPSA) is 63.8 Å². The van der Waals surface area contributed by atoms with Gasteiger partial charge < -0.3 is 9.73 Å². The lowest BCUT2D eigenvalue weighted by Gasteiger charge is -2.18. The predicted molar refractivity (Wildman–Crippen MR) is 140 cm³/mol. The largest absolute Gasteiger partial charge is 0.472 e. The number of anilines is 1. The number of pyridine rings is 1. The minimum atomic E-state index is -0.0423. The van der Waals surface area contributed by atoms with E-state index in [0.717, 1.165) is 52.1 Å². The Morgan fingerprint density at radius 1 is 0.941 bits per heavy atom. The molecule has 0 spiro atoms. The van der Waals surface area contributed by atoms with Crippen molar-refractivity contribution < 1.29 is 4.42 Å². The van der Waals surface area contributed by atoms with Crippen molar-refractivity contribution in [2.45, 2.75) is 39.0 Å².